The zero-order valence-corrected chi connectivity index (χ0v) is 12.7. The molecule has 2 amide bonds. The quantitative estimate of drug-likeness (QED) is 0.601. The van der Waals surface area contributed by atoms with Crippen LogP contribution in [0, 0.1) is 13.8 Å². The number of anilines is 1. The number of H-pyrrole nitrogens is 1. The molecular weight excluding hydrogens is 290 g/mol. The molecule has 0 radical (unpaired) electrons. The molecule has 0 spiro atoms. The predicted molar refractivity (Wildman–Crippen MR) is 83.9 cm³/mol. The number of aromatic amines is 1. The lowest BCUT2D eigenvalue weighted by Gasteiger charge is -2.08. The third-order valence-electron chi connectivity index (χ3n) is 2.91. The Bertz CT molecular complexity index is 692. The van der Waals surface area contributed by atoms with Gasteiger partial charge in [0.1, 0.15) is 0 Å². The first-order valence-corrected chi connectivity index (χ1v) is 6.73. The third-order valence-corrected chi connectivity index (χ3v) is 3.20. The van der Waals surface area contributed by atoms with Gasteiger partial charge in [-0.2, -0.15) is 10.2 Å². The molecule has 7 heteroatoms. The van der Waals surface area contributed by atoms with E-state index in [0.717, 1.165) is 16.8 Å². The SMILES string of the molecule is CC(=NNC(=O)Nc1ccc(C)cc1C)c1[nH]ncc1Cl. The van der Waals surface area contributed by atoms with Gasteiger partial charge in [-0.05, 0) is 32.4 Å². The number of nitrogens with zero attached hydrogens (tertiary/aromatic N) is 2. The van der Waals surface area contributed by atoms with Crippen molar-refractivity contribution in [1.29, 1.82) is 0 Å². The van der Waals surface area contributed by atoms with Gasteiger partial charge in [-0.3, -0.25) is 5.10 Å². The van der Waals surface area contributed by atoms with E-state index in [4.69, 9.17) is 11.6 Å². The first-order valence-electron chi connectivity index (χ1n) is 6.35. The Hall–Kier alpha value is -2.34. The van der Waals surface area contributed by atoms with Gasteiger partial charge < -0.3 is 5.32 Å². The smallest absolute Gasteiger partial charge is 0.306 e. The number of carbonyl (C=O) groups is 1. The molecule has 6 nitrogen and oxygen atoms in total. The molecule has 2 aromatic rings. The molecule has 0 unspecified atom stereocenters. The van der Waals surface area contributed by atoms with Crippen LogP contribution in [0.1, 0.15) is 23.7 Å². The molecule has 2 rings (SSSR count). The zero-order valence-electron chi connectivity index (χ0n) is 12.0. The average molecular weight is 306 g/mol. The number of hydrogen-bond acceptors (Lipinski definition) is 3. The second-order valence-corrected chi connectivity index (χ2v) is 5.08. The summed E-state index contributed by atoms with van der Waals surface area (Å²) in [5.41, 5.74) is 6.40. The van der Waals surface area contributed by atoms with Crippen molar-refractivity contribution >= 4 is 29.0 Å². The van der Waals surface area contributed by atoms with Crippen LogP contribution in [0.3, 0.4) is 0 Å². The van der Waals surface area contributed by atoms with Crippen LogP contribution in [0.4, 0.5) is 10.5 Å². The van der Waals surface area contributed by atoms with Crippen LogP contribution in [0.15, 0.2) is 29.5 Å². The van der Waals surface area contributed by atoms with E-state index in [1.165, 1.54) is 6.20 Å². The normalized spacial score (nSPS) is 11.3. The van der Waals surface area contributed by atoms with Gasteiger partial charge in [0.15, 0.2) is 0 Å². The monoisotopic (exact) mass is 305 g/mol. The lowest BCUT2D eigenvalue weighted by atomic mass is 10.1. The summed E-state index contributed by atoms with van der Waals surface area (Å²) in [7, 11) is 0. The number of rotatable bonds is 3. The van der Waals surface area contributed by atoms with E-state index in [9.17, 15) is 4.79 Å². The number of hydrogen-bond donors (Lipinski definition) is 3. The number of aryl methyl sites for hydroxylation is 2. The van der Waals surface area contributed by atoms with Crippen molar-refractivity contribution in [2.24, 2.45) is 5.10 Å². The molecule has 3 N–H and O–H groups in total. The molecule has 0 aliphatic carbocycles. The first-order chi connectivity index (χ1) is 9.97. The fourth-order valence-corrected chi connectivity index (χ4v) is 2.05. The number of nitrogens with one attached hydrogen (secondary N) is 3. The fourth-order valence-electron chi connectivity index (χ4n) is 1.82. The number of amides is 2. The van der Waals surface area contributed by atoms with Crippen molar-refractivity contribution in [3.8, 4) is 0 Å². The number of urea groups is 1. The van der Waals surface area contributed by atoms with Crippen molar-refractivity contribution in [3.63, 3.8) is 0 Å². The molecule has 1 aromatic carbocycles. The maximum absolute atomic E-state index is 11.8. The molecule has 1 aromatic heterocycles. The molecule has 21 heavy (non-hydrogen) atoms. The summed E-state index contributed by atoms with van der Waals surface area (Å²) >= 11 is 5.91. The lowest BCUT2D eigenvalue weighted by Crippen LogP contribution is -2.25. The van der Waals surface area contributed by atoms with Gasteiger partial charge in [0.2, 0.25) is 0 Å². The molecule has 0 aliphatic rings. The summed E-state index contributed by atoms with van der Waals surface area (Å²) < 4.78 is 0. The number of halogens is 1. The van der Waals surface area contributed by atoms with E-state index >= 15 is 0 Å². The molecular formula is C14H16ClN5O. The number of carbonyl (C=O) groups excluding carboxylic acids is 1. The Kier molecular flexibility index (Phi) is 4.59. The fraction of sp³-hybridized carbons (Fsp3) is 0.214. The lowest BCUT2D eigenvalue weighted by molar-refractivity contribution is 0.252. The van der Waals surface area contributed by atoms with Crippen molar-refractivity contribution in [2.45, 2.75) is 20.8 Å². The Morgan fingerprint density at radius 3 is 2.76 bits per heavy atom. The minimum Gasteiger partial charge on any atom is -0.306 e. The van der Waals surface area contributed by atoms with Crippen LogP contribution in [0.5, 0.6) is 0 Å². The van der Waals surface area contributed by atoms with Crippen LogP contribution in [0.2, 0.25) is 5.02 Å². The van der Waals surface area contributed by atoms with Crippen LogP contribution < -0.4 is 10.7 Å². The zero-order chi connectivity index (χ0) is 15.4. The highest BCUT2D eigenvalue weighted by molar-refractivity contribution is 6.33. The van der Waals surface area contributed by atoms with Crippen molar-refractivity contribution in [2.75, 3.05) is 5.32 Å². The van der Waals surface area contributed by atoms with Crippen molar-refractivity contribution < 1.29 is 4.79 Å². The van der Waals surface area contributed by atoms with Gasteiger partial charge in [0.25, 0.3) is 0 Å². The van der Waals surface area contributed by atoms with Crippen molar-refractivity contribution in [1.82, 2.24) is 15.6 Å². The molecule has 0 atom stereocenters. The van der Waals surface area contributed by atoms with E-state index in [1.807, 2.05) is 32.0 Å². The van der Waals surface area contributed by atoms with Crippen LogP contribution >= 0.6 is 11.6 Å². The summed E-state index contributed by atoms with van der Waals surface area (Å²) in [6.45, 7) is 5.65. The minimum atomic E-state index is -0.419. The number of aromatic nitrogens is 2. The largest absolute Gasteiger partial charge is 0.339 e. The molecule has 0 fully saturated rings. The summed E-state index contributed by atoms with van der Waals surface area (Å²) in [6.07, 6.45) is 1.48. The van der Waals surface area contributed by atoms with Gasteiger partial charge in [0, 0.05) is 5.69 Å². The van der Waals surface area contributed by atoms with E-state index in [0.29, 0.717) is 16.4 Å². The Morgan fingerprint density at radius 1 is 1.38 bits per heavy atom. The van der Waals surface area contributed by atoms with Crippen LogP contribution in [-0.4, -0.2) is 21.9 Å². The van der Waals surface area contributed by atoms with Gasteiger partial charge in [-0.15, -0.1) is 0 Å². The van der Waals surface area contributed by atoms with Crippen LogP contribution in [-0.2, 0) is 0 Å². The highest BCUT2D eigenvalue weighted by Gasteiger charge is 2.07. The number of hydrazone groups is 1. The van der Waals surface area contributed by atoms with E-state index in [2.05, 4.69) is 26.0 Å². The summed E-state index contributed by atoms with van der Waals surface area (Å²) in [4.78, 5) is 11.8. The maximum atomic E-state index is 11.8. The maximum Gasteiger partial charge on any atom is 0.339 e. The summed E-state index contributed by atoms with van der Waals surface area (Å²) in [5.74, 6) is 0. The molecule has 0 bridgehead atoms. The highest BCUT2D eigenvalue weighted by Crippen LogP contribution is 2.16. The minimum absolute atomic E-state index is 0.419. The topological polar surface area (TPSA) is 82.2 Å². The molecule has 0 saturated carbocycles. The van der Waals surface area contributed by atoms with Gasteiger partial charge in [-0.1, -0.05) is 29.3 Å². The standard InChI is InChI=1S/C14H16ClN5O/c1-8-4-5-12(9(2)6-8)17-14(21)20-18-10(3)13-11(15)7-16-19-13/h4-7H,1-3H3,(H,16,19)(H2,17,20,21). The summed E-state index contributed by atoms with van der Waals surface area (Å²) in [6, 6.07) is 5.36. The Morgan fingerprint density at radius 2 is 2.14 bits per heavy atom. The molecule has 0 aliphatic heterocycles. The van der Waals surface area contributed by atoms with Crippen molar-refractivity contribution in [3.05, 3.63) is 46.2 Å². The molecule has 1 heterocycles. The third kappa shape index (κ3) is 3.82. The Labute approximate surface area is 127 Å². The van der Waals surface area contributed by atoms with E-state index in [1.54, 1.807) is 6.92 Å². The van der Waals surface area contributed by atoms with Gasteiger partial charge >= 0.3 is 6.03 Å². The second-order valence-electron chi connectivity index (χ2n) is 4.67. The van der Waals surface area contributed by atoms with Crippen LogP contribution in [0.25, 0.3) is 0 Å². The molecule has 110 valence electrons. The predicted octanol–water partition coefficient (Wildman–Crippen LogP) is 3.23. The Balaban J connectivity index is 2.00. The van der Waals surface area contributed by atoms with Gasteiger partial charge in [0.05, 0.1) is 22.6 Å². The molecule has 0 saturated heterocycles. The average Bonchev–Trinajstić information content (AvgIpc) is 2.85. The number of benzene rings is 1. The first kappa shape index (κ1) is 15.1. The highest BCUT2D eigenvalue weighted by atomic mass is 35.5. The van der Waals surface area contributed by atoms with Gasteiger partial charge in [-0.25, -0.2) is 10.2 Å². The van der Waals surface area contributed by atoms with E-state index < -0.39 is 6.03 Å². The van der Waals surface area contributed by atoms with E-state index in [-0.39, 0.29) is 0 Å². The summed E-state index contributed by atoms with van der Waals surface area (Å²) in [5, 5.41) is 13.7. The second kappa shape index (κ2) is 6.41.